The van der Waals surface area contributed by atoms with E-state index in [9.17, 15) is 0 Å². The molecule has 1 N–H and O–H groups in total. The van der Waals surface area contributed by atoms with Crippen LogP contribution in [0.4, 0.5) is 0 Å². The van der Waals surface area contributed by atoms with Gasteiger partial charge in [-0.2, -0.15) is 0 Å². The second kappa shape index (κ2) is 4.47. The predicted molar refractivity (Wildman–Crippen MR) is 89.0 cm³/mol. The summed E-state index contributed by atoms with van der Waals surface area (Å²) in [7, 11) is 0. The molecule has 2 aliphatic rings. The van der Waals surface area contributed by atoms with E-state index in [1.54, 1.807) is 0 Å². The molecule has 3 nitrogen and oxygen atoms in total. The Morgan fingerprint density at radius 1 is 1.00 bits per heavy atom. The highest BCUT2D eigenvalue weighted by Gasteiger charge is 2.30. The summed E-state index contributed by atoms with van der Waals surface area (Å²) in [5, 5.41) is 0. The molecule has 3 heterocycles. The van der Waals surface area contributed by atoms with Crippen LogP contribution in [0.5, 0.6) is 0 Å². The molecule has 0 aliphatic carbocycles. The first-order valence-electron chi connectivity index (χ1n) is 7.92. The smallest absolute Gasteiger partial charge is 0.136 e. The maximum Gasteiger partial charge on any atom is 0.136 e. The Morgan fingerprint density at radius 3 is 2.82 bits per heavy atom. The molecule has 0 fully saturated rings. The van der Waals surface area contributed by atoms with E-state index in [0.717, 1.165) is 36.4 Å². The third-order valence-corrected chi connectivity index (χ3v) is 4.77. The Bertz CT molecular complexity index is 871. The van der Waals surface area contributed by atoms with Crippen LogP contribution in [0, 0.1) is 0 Å². The van der Waals surface area contributed by atoms with E-state index in [2.05, 4.69) is 52.3 Å². The predicted octanol–water partition coefficient (Wildman–Crippen LogP) is 4.04. The Hall–Kier alpha value is -2.55. The highest BCUT2D eigenvalue weighted by atomic mass is 15.2. The summed E-state index contributed by atoms with van der Waals surface area (Å²) in [6, 6.07) is 17.0. The third-order valence-electron chi connectivity index (χ3n) is 4.77. The lowest BCUT2D eigenvalue weighted by atomic mass is 9.98. The number of para-hydroxylation sites is 2. The number of benzene rings is 2. The first kappa shape index (κ1) is 12.0. The average molecular weight is 287 g/mol. The minimum atomic E-state index is 1.04. The topological polar surface area (TPSA) is 31.9 Å². The van der Waals surface area contributed by atoms with E-state index < -0.39 is 0 Å². The number of aromatic nitrogens is 2. The summed E-state index contributed by atoms with van der Waals surface area (Å²) in [6.45, 7) is 2.18. The molecule has 2 aliphatic heterocycles. The third kappa shape index (κ3) is 1.65. The molecule has 1 aromatic heterocycles. The first-order chi connectivity index (χ1) is 10.9. The van der Waals surface area contributed by atoms with Crippen LogP contribution in [0.15, 0.2) is 48.5 Å². The molecule has 22 heavy (non-hydrogen) atoms. The van der Waals surface area contributed by atoms with E-state index >= 15 is 0 Å². The summed E-state index contributed by atoms with van der Waals surface area (Å²) < 4.78 is 0. The van der Waals surface area contributed by atoms with Crippen molar-refractivity contribution in [3.05, 3.63) is 65.5 Å². The Balaban J connectivity index is 1.75. The number of imidazole rings is 1. The van der Waals surface area contributed by atoms with Crippen LogP contribution < -0.4 is 0 Å². The monoisotopic (exact) mass is 287 g/mol. The molecule has 0 saturated carbocycles. The number of hydrogen-bond donors (Lipinski definition) is 1. The number of fused-ring (bicyclic) bond motifs is 4. The number of aromatic amines is 1. The molecule has 5 rings (SSSR count). The molecule has 0 bridgehead atoms. The van der Waals surface area contributed by atoms with Crippen LogP contribution >= 0.6 is 0 Å². The molecule has 0 spiro atoms. The number of H-pyrrole nitrogens is 1. The van der Waals surface area contributed by atoms with Crippen molar-refractivity contribution in [2.24, 2.45) is 0 Å². The highest BCUT2D eigenvalue weighted by Crippen LogP contribution is 2.42. The lowest BCUT2D eigenvalue weighted by molar-refractivity contribution is 0.392. The summed E-state index contributed by atoms with van der Waals surface area (Å²) in [4.78, 5) is 10.9. The largest absolute Gasteiger partial charge is 0.366 e. The summed E-state index contributed by atoms with van der Waals surface area (Å²) in [5.41, 5.74) is 7.75. The van der Waals surface area contributed by atoms with Crippen LogP contribution in [-0.2, 0) is 6.54 Å². The normalized spacial score (nSPS) is 17.0. The van der Waals surface area contributed by atoms with Crippen molar-refractivity contribution in [1.29, 1.82) is 0 Å². The van der Waals surface area contributed by atoms with Crippen LogP contribution in [0.25, 0.3) is 22.3 Å². The lowest BCUT2D eigenvalue weighted by Crippen LogP contribution is -2.22. The van der Waals surface area contributed by atoms with Crippen molar-refractivity contribution in [1.82, 2.24) is 14.9 Å². The molecule has 0 unspecified atom stereocenters. The van der Waals surface area contributed by atoms with Gasteiger partial charge in [0.2, 0.25) is 0 Å². The van der Waals surface area contributed by atoms with Crippen molar-refractivity contribution in [2.75, 3.05) is 6.54 Å². The van der Waals surface area contributed by atoms with Gasteiger partial charge in [-0.25, -0.2) is 4.98 Å². The van der Waals surface area contributed by atoms with Crippen molar-refractivity contribution in [3.8, 4) is 0 Å². The fourth-order valence-electron chi connectivity index (χ4n) is 3.78. The van der Waals surface area contributed by atoms with Crippen LogP contribution in [0.3, 0.4) is 0 Å². The van der Waals surface area contributed by atoms with Crippen molar-refractivity contribution < 1.29 is 0 Å². The first-order valence-corrected chi connectivity index (χ1v) is 7.92. The SMILES string of the molecule is c1ccc2c(c1)CN1CCCC(c3nc4ccccc4[nH]3)=C21. The maximum atomic E-state index is 4.83. The van der Waals surface area contributed by atoms with E-state index in [0.29, 0.717) is 0 Å². The standard InChI is InChI=1S/C19H17N3/c1-2-7-14-13(6-1)12-22-11-5-8-15(18(14)22)19-20-16-9-3-4-10-17(16)21-19/h1-4,6-7,9-10H,5,8,11-12H2,(H,20,21). The van der Waals surface area contributed by atoms with Gasteiger partial charge in [-0.3, -0.25) is 0 Å². The molecule has 0 amide bonds. The minimum absolute atomic E-state index is 1.04. The van der Waals surface area contributed by atoms with E-state index in [1.165, 1.54) is 28.8 Å². The molecule has 3 heteroatoms. The van der Waals surface area contributed by atoms with Crippen LogP contribution in [-0.4, -0.2) is 21.4 Å². The van der Waals surface area contributed by atoms with Gasteiger partial charge in [-0.15, -0.1) is 0 Å². The van der Waals surface area contributed by atoms with Gasteiger partial charge < -0.3 is 9.88 Å². The van der Waals surface area contributed by atoms with Gasteiger partial charge in [0.05, 0.1) is 16.7 Å². The van der Waals surface area contributed by atoms with Crippen molar-refractivity contribution in [3.63, 3.8) is 0 Å². The summed E-state index contributed by atoms with van der Waals surface area (Å²) in [5.74, 6) is 1.04. The Labute approximate surface area is 129 Å². The summed E-state index contributed by atoms with van der Waals surface area (Å²) in [6.07, 6.45) is 2.30. The Kier molecular flexibility index (Phi) is 2.45. The fourth-order valence-corrected chi connectivity index (χ4v) is 3.78. The number of nitrogens with zero attached hydrogens (tertiary/aromatic N) is 2. The van der Waals surface area contributed by atoms with Crippen molar-refractivity contribution >= 4 is 22.3 Å². The number of hydrogen-bond acceptors (Lipinski definition) is 2. The van der Waals surface area contributed by atoms with E-state index in [-0.39, 0.29) is 0 Å². The second-order valence-corrected chi connectivity index (χ2v) is 6.11. The van der Waals surface area contributed by atoms with Crippen molar-refractivity contribution in [2.45, 2.75) is 19.4 Å². The average Bonchev–Trinajstić information content (AvgIpc) is 3.15. The van der Waals surface area contributed by atoms with Crippen LogP contribution in [0.1, 0.15) is 29.8 Å². The van der Waals surface area contributed by atoms with E-state index in [4.69, 9.17) is 4.98 Å². The molecular weight excluding hydrogens is 270 g/mol. The number of rotatable bonds is 1. The molecule has 0 atom stereocenters. The Morgan fingerprint density at radius 2 is 1.86 bits per heavy atom. The fraction of sp³-hybridized carbons (Fsp3) is 0.211. The van der Waals surface area contributed by atoms with Gasteiger partial charge in [-0.05, 0) is 30.5 Å². The van der Waals surface area contributed by atoms with Gasteiger partial charge in [0.15, 0.2) is 0 Å². The maximum absolute atomic E-state index is 4.83. The minimum Gasteiger partial charge on any atom is -0.366 e. The van der Waals surface area contributed by atoms with E-state index in [1.807, 2.05) is 6.07 Å². The molecular formula is C19H17N3. The molecule has 0 radical (unpaired) electrons. The number of allylic oxidation sites excluding steroid dienone is 1. The van der Waals surface area contributed by atoms with Gasteiger partial charge in [0.25, 0.3) is 0 Å². The number of nitrogens with one attached hydrogen (secondary N) is 1. The van der Waals surface area contributed by atoms with Gasteiger partial charge in [0.1, 0.15) is 5.82 Å². The van der Waals surface area contributed by atoms with Gasteiger partial charge >= 0.3 is 0 Å². The van der Waals surface area contributed by atoms with Crippen LogP contribution in [0.2, 0.25) is 0 Å². The zero-order valence-corrected chi connectivity index (χ0v) is 12.3. The van der Waals surface area contributed by atoms with Gasteiger partial charge in [0, 0.05) is 24.2 Å². The molecule has 0 saturated heterocycles. The molecule has 108 valence electrons. The second-order valence-electron chi connectivity index (χ2n) is 6.11. The highest BCUT2D eigenvalue weighted by molar-refractivity contribution is 5.93. The zero-order chi connectivity index (χ0) is 14.5. The van der Waals surface area contributed by atoms with Gasteiger partial charge in [-0.1, -0.05) is 36.4 Å². The summed E-state index contributed by atoms with van der Waals surface area (Å²) >= 11 is 0. The molecule has 2 aromatic carbocycles. The molecule has 3 aromatic rings. The lowest BCUT2D eigenvalue weighted by Gasteiger charge is -2.27. The quantitative estimate of drug-likeness (QED) is 0.732. The zero-order valence-electron chi connectivity index (χ0n) is 12.3.